The fourth-order valence-electron chi connectivity index (χ4n) is 2.79. The van der Waals surface area contributed by atoms with Gasteiger partial charge < -0.3 is 15.5 Å². The minimum absolute atomic E-state index is 0.396. The van der Waals surface area contributed by atoms with E-state index in [1.165, 1.54) is 24.8 Å². The van der Waals surface area contributed by atoms with E-state index in [9.17, 15) is 0 Å². The maximum atomic E-state index is 6.16. The average Bonchev–Trinajstić information content (AvgIpc) is 2.96. The summed E-state index contributed by atoms with van der Waals surface area (Å²) in [5, 5.41) is 3.60. The molecule has 1 heterocycles. The molecule has 3 heteroatoms. The lowest BCUT2D eigenvalue weighted by Gasteiger charge is -2.23. The molecular weight excluding hydrogens is 212 g/mol. The van der Waals surface area contributed by atoms with E-state index in [-0.39, 0.29) is 0 Å². The molecule has 0 bridgehead atoms. The van der Waals surface area contributed by atoms with Gasteiger partial charge in [0.2, 0.25) is 0 Å². The Hall–Kier alpha value is -0.800. The van der Waals surface area contributed by atoms with Gasteiger partial charge in [-0.3, -0.25) is 0 Å². The Balaban J connectivity index is 1.95. The molecule has 0 amide bonds. The second-order valence-corrected chi connectivity index (χ2v) is 5.15. The first-order valence-corrected chi connectivity index (χ1v) is 6.82. The van der Waals surface area contributed by atoms with Gasteiger partial charge in [-0.25, -0.2) is 0 Å². The Morgan fingerprint density at radius 1 is 1.53 bits per heavy atom. The lowest BCUT2D eigenvalue weighted by molar-refractivity contribution is 0.366. The molecule has 3 unspecified atom stereocenters. The first kappa shape index (κ1) is 12.7. The van der Waals surface area contributed by atoms with Gasteiger partial charge in [-0.15, -0.1) is 0 Å². The van der Waals surface area contributed by atoms with Crippen molar-refractivity contribution < 1.29 is 4.42 Å². The predicted octanol–water partition coefficient (Wildman–Crippen LogP) is 2.84. The highest BCUT2D eigenvalue weighted by molar-refractivity contribution is 5.12. The molecule has 96 valence electrons. The van der Waals surface area contributed by atoms with Crippen molar-refractivity contribution in [2.24, 2.45) is 11.7 Å². The van der Waals surface area contributed by atoms with Crippen molar-refractivity contribution in [2.45, 2.75) is 51.1 Å². The Labute approximate surface area is 104 Å². The maximum Gasteiger partial charge on any atom is 0.0950 e. The van der Waals surface area contributed by atoms with Crippen LogP contribution >= 0.6 is 0 Å². The molecule has 1 aliphatic rings. The van der Waals surface area contributed by atoms with Crippen LogP contribution in [0.2, 0.25) is 0 Å². The van der Waals surface area contributed by atoms with E-state index in [0.29, 0.717) is 18.0 Å². The van der Waals surface area contributed by atoms with Gasteiger partial charge in [0.25, 0.3) is 0 Å². The standard InChI is InChI=1S/C14H24N2O/c1-2-7-16-14(12-6-8-17-10-12)9-11-4-3-5-13(11)15/h6,8,10-11,13-14,16H,2-5,7,9,15H2,1H3. The molecule has 1 aromatic rings. The van der Waals surface area contributed by atoms with Crippen LogP contribution in [-0.4, -0.2) is 12.6 Å². The molecule has 0 aliphatic heterocycles. The third-order valence-electron chi connectivity index (χ3n) is 3.84. The third kappa shape index (κ3) is 3.33. The number of rotatable bonds is 6. The largest absolute Gasteiger partial charge is 0.472 e. The van der Waals surface area contributed by atoms with Crippen molar-refractivity contribution >= 4 is 0 Å². The predicted molar refractivity (Wildman–Crippen MR) is 69.7 cm³/mol. The van der Waals surface area contributed by atoms with E-state index in [2.05, 4.69) is 18.3 Å². The molecule has 0 aromatic carbocycles. The highest BCUT2D eigenvalue weighted by Gasteiger charge is 2.27. The first-order valence-electron chi connectivity index (χ1n) is 6.82. The second kappa shape index (κ2) is 6.22. The zero-order valence-electron chi connectivity index (χ0n) is 10.7. The van der Waals surface area contributed by atoms with Crippen LogP contribution in [0.5, 0.6) is 0 Å². The monoisotopic (exact) mass is 236 g/mol. The van der Waals surface area contributed by atoms with E-state index >= 15 is 0 Å². The number of nitrogens with two attached hydrogens (primary N) is 1. The van der Waals surface area contributed by atoms with Gasteiger partial charge >= 0.3 is 0 Å². The SMILES string of the molecule is CCCNC(CC1CCCC1N)c1ccoc1. The highest BCUT2D eigenvalue weighted by atomic mass is 16.3. The van der Waals surface area contributed by atoms with Crippen molar-refractivity contribution in [3.05, 3.63) is 24.2 Å². The summed E-state index contributed by atoms with van der Waals surface area (Å²) in [7, 11) is 0. The van der Waals surface area contributed by atoms with Gasteiger partial charge in [0, 0.05) is 17.6 Å². The summed E-state index contributed by atoms with van der Waals surface area (Å²) >= 11 is 0. The summed E-state index contributed by atoms with van der Waals surface area (Å²) in [6.07, 6.45) is 9.67. The van der Waals surface area contributed by atoms with Crippen LogP contribution in [0, 0.1) is 5.92 Å². The van der Waals surface area contributed by atoms with Gasteiger partial charge in [0.05, 0.1) is 12.5 Å². The Bertz CT molecular complexity index is 310. The molecule has 0 spiro atoms. The van der Waals surface area contributed by atoms with Gasteiger partial charge in [0.15, 0.2) is 0 Å². The van der Waals surface area contributed by atoms with Crippen LogP contribution in [-0.2, 0) is 0 Å². The Morgan fingerprint density at radius 3 is 3.00 bits per heavy atom. The molecule has 1 aliphatic carbocycles. The van der Waals surface area contributed by atoms with Gasteiger partial charge in [-0.1, -0.05) is 13.3 Å². The lowest BCUT2D eigenvalue weighted by atomic mass is 9.92. The molecule has 3 atom stereocenters. The molecule has 3 nitrogen and oxygen atoms in total. The van der Waals surface area contributed by atoms with Crippen LogP contribution in [0.3, 0.4) is 0 Å². The average molecular weight is 236 g/mol. The molecule has 1 fully saturated rings. The molecule has 2 rings (SSSR count). The van der Waals surface area contributed by atoms with Gasteiger partial charge in [0.1, 0.15) is 0 Å². The molecule has 1 saturated carbocycles. The topological polar surface area (TPSA) is 51.2 Å². The van der Waals surface area contributed by atoms with Crippen LogP contribution in [0.4, 0.5) is 0 Å². The molecule has 1 aromatic heterocycles. The Kier molecular flexibility index (Phi) is 4.63. The second-order valence-electron chi connectivity index (χ2n) is 5.15. The maximum absolute atomic E-state index is 6.16. The summed E-state index contributed by atoms with van der Waals surface area (Å²) < 4.78 is 5.20. The quantitative estimate of drug-likeness (QED) is 0.798. The summed E-state index contributed by atoms with van der Waals surface area (Å²) in [5.74, 6) is 0.666. The fraction of sp³-hybridized carbons (Fsp3) is 0.714. The summed E-state index contributed by atoms with van der Waals surface area (Å²) in [6, 6.07) is 2.86. The van der Waals surface area contributed by atoms with E-state index in [1.807, 2.05) is 6.26 Å². The minimum Gasteiger partial charge on any atom is -0.472 e. The zero-order valence-corrected chi connectivity index (χ0v) is 10.7. The van der Waals surface area contributed by atoms with Crippen LogP contribution in [0.15, 0.2) is 23.0 Å². The molecule has 0 saturated heterocycles. The van der Waals surface area contributed by atoms with Gasteiger partial charge in [-0.05, 0) is 44.2 Å². The van der Waals surface area contributed by atoms with Crippen molar-refractivity contribution in [1.82, 2.24) is 5.32 Å². The molecule has 17 heavy (non-hydrogen) atoms. The summed E-state index contributed by atoms with van der Waals surface area (Å²) in [4.78, 5) is 0. The lowest BCUT2D eigenvalue weighted by Crippen LogP contribution is -2.30. The number of hydrogen-bond donors (Lipinski definition) is 2. The van der Waals surface area contributed by atoms with Crippen molar-refractivity contribution in [2.75, 3.05) is 6.54 Å². The van der Waals surface area contributed by atoms with Crippen molar-refractivity contribution in [3.63, 3.8) is 0 Å². The van der Waals surface area contributed by atoms with Crippen LogP contribution in [0.25, 0.3) is 0 Å². The molecule has 0 radical (unpaired) electrons. The third-order valence-corrected chi connectivity index (χ3v) is 3.84. The number of furan rings is 1. The van der Waals surface area contributed by atoms with Crippen molar-refractivity contribution in [1.29, 1.82) is 0 Å². The number of hydrogen-bond acceptors (Lipinski definition) is 3. The molecular formula is C14H24N2O. The van der Waals surface area contributed by atoms with Crippen LogP contribution in [0.1, 0.15) is 50.6 Å². The van der Waals surface area contributed by atoms with Crippen molar-refractivity contribution in [3.8, 4) is 0 Å². The smallest absolute Gasteiger partial charge is 0.0950 e. The van der Waals surface area contributed by atoms with Gasteiger partial charge in [-0.2, -0.15) is 0 Å². The first-order chi connectivity index (χ1) is 8.31. The van der Waals surface area contributed by atoms with E-state index in [0.717, 1.165) is 19.4 Å². The fourth-order valence-corrected chi connectivity index (χ4v) is 2.79. The van der Waals surface area contributed by atoms with E-state index in [1.54, 1.807) is 6.26 Å². The summed E-state index contributed by atoms with van der Waals surface area (Å²) in [6.45, 7) is 3.25. The van der Waals surface area contributed by atoms with E-state index < -0.39 is 0 Å². The minimum atomic E-state index is 0.396. The van der Waals surface area contributed by atoms with E-state index in [4.69, 9.17) is 10.2 Å². The van der Waals surface area contributed by atoms with Crippen LogP contribution < -0.4 is 11.1 Å². The number of nitrogens with one attached hydrogen (secondary N) is 1. The molecule has 3 N–H and O–H groups in total. The Morgan fingerprint density at radius 2 is 2.41 bits per heavy atom. The zero-order chi connectivity index (χ0) is 12.1. The normalized spacial score (nSPS) is 26.2. The highest BCUT2D eigenvalue weighted by Crippen LogP contribution is 2.32. The summed E-state index contributed by atoms with van der Waals surface area (Å²) in [5.41, 5.74) is 7.42.